The Hall–Kier alpha value is -2.15. The lowest BCUT2D eigenvalue weighted by Gasteiger charge is -2.36. The van der Waals surface area contributed by atoms with Gasteiger partial charge in [-0.25, -0.2) is 0 Å². The molecule has 2 fully saturated rings. The first-order valence-corrected chi connectivity index (χ1v) is 10.8. The fraction of sp³-hybridized carbons (Fsp3) is 0.667. The third-order valence-electron chi connectivity index (χ3n) is 6.19. The molecule has 0 spiro atoms. The summed E-state index contributed by atoms with van der Waals surface area (Å²) in [6.07, 6.45) is 12.0. The van der Waals surface area contributed by atoms with Crippen molar-refractivity contribution in [2.45, 2.75) is 63.5 Å². The van der Waals surface area contributed by atoms with Crippen LogP contribution in [0.15, 0.2) is 29.4 Å². The molecule has 1 saturated carbocycles. The lowest BCUT2D eigenvalue weighted by molar-refractivity contribution is 0.150. The second kappa shape index (κ2) is 9.37. The van der Waals surface area contributed by atoms with E-state index in [2.05, 4.69) is 35.1 Å². The Morgan fingerprint density at radius 1 is 1.14 bits per heavy atom. The van der Waals surface area contributed by atoms with E-state index in [1.54, 1.807) is 0 Å². The predicted octanol–water partition coefficient (Wildman–Crippen LogP) is 2.23. The lowest BCUT2D eigenvalue weighted by atomic mass is 10.0. The molecule has 1 aliphatic heterocycles. The number of likely N-dealkylation sites (tertiary alicyclic amines) is 1. The average Bonchev–Trinajstić information content (AvgIpc) is 3.41. The third-order valence-corrected chi connectivity index (χ3v) is 6.19. The van der Waals surface area contributed by atoms with Crippen molar-refractivity contribution < 1.29 is 0 Å². The number of nitrogens with zero attached hydrogens (tertiary/aromatic N) is 5. The minimum absolute atomic E-state index is 0.532. The van der Waals surface area contributed by atoms with Crippen molar-refractivity contribution in [3.8, 4) is 0 Å². The third kappa shape index (κ3) is 4.63. The Labute approximate surface area is 167 Å². The minimum Gasteiger partial charge on any atom is -0.356 e. The van der Waals surface area contributed by atoms with Crippen LogP contribution in [0.5, 0.6) is 0 Å². The first-order valence-electron chi connectivity index (χ1n) is 10.8. The quantitative estimate of drug-likeness (QED) is 0.455. The van der Waals surface area contributed by atoms with Gasteiger partial charge in [-0.1, -0.05) is 18.9 Å². The van der Waals surface area contributed by atoms with Crippen LogP contribution in [0.2, 0.25) is 0 Å². The molecule has 0 amide bonds. The van der Waals surface area contributed by atoms with Crippen LogP contribution in [0.4, 0.5) is 0 Å². The molecule has 0 radical (unpaired) electrons. The van der Waals surface area contributed by atoms with Crippen molar-refractivity contribution in [2.24, 2.45) is 4.99 Å². The molecule has 4 rings (SSSR count). The molecule has 1 saturated heterocycles. The Morgan fingerprint density at radius 2 is 1.96 bits per heavy atom. The van der Waals surface area contributed by atoms with E-state index in [-0.39, 0.29) is 0 Å². The van der Waals surface area contributed by atoms with Crippen LogP contribution in [0.3, 0.4) is 0 Å². The summed E-state index contributed by atoms with van der Waals surface area (Å²) in [5.74, 6) is 1.94. The molecule has 7 heteroatoms. The molecular formula is C21H33N7. The number of hydrogen-bond acceptors (Lipinski definition) is 4. The maximum absolute atomic E-state index is 4.41. The van der Waals surface area contributed by atoms with Gasteiger partial charge in [0.1, 0.15) is 5.82 Å². The van der Waals surface area contributed by atoms with Gasteiger partial charge in [0.05, 0.1) is 0 Å². The van der Waals surface area contributed by atoms with Crippen molar-refractivity contribution in [3.63, 3.8) is 0 Å². The Kier molecular flexibility index (Phi) is 6.41. The number of aliphatic imine (C=N–C) groups is 1. The number of pyridine rings is 1. The molecule has 1 aliphatic carbocycles. The summed E-state index contributed by atoms with van der Waals surface area (Å²) < 4.78 is 2.06. The van der Waals surface area contributed by atoms with E-state index in [1.807, 2.05) is 31.4 Å². The molecule has 0 atom stereocenters. The Morgan fingerprint density at radius 3 is 2.75 bits per heavy atom. The molecule has 0 aromatic carbocycles. The number of nitrogens with one attached hydrogen (secondary N) is 2. The minimum atomic E-state index is 0.532. The van der Waals surface area contributed by atoms with Crippen molar-refractivity contribution in [2.75, 3.05) is 26.7 Å². The average molecular weight is 384 g/mol. The van der Waals surface area contributed by atoms with Crippen LogP contribution in [0, 0.1) is 0 Å². The van der Waals surface area contributed by atoms with Gasteiger partial charge in [0, 0.05) is 51.4 Å². The number of hydrogen-bond donors (Lipinski definition) is 2. The van der Waals surface area contributed by atoms with Gasteiger partial charge in [0.25, 0.3) is 0 Å². The molecule has 2 aromatic rings. The highest BCUT2D eigenvalue weighted by Gasteiger charge is 2.27. The largest absolute Gasteiger partial charge is 0.356 e. The van der Waals surface area contributed by atoms with E-state index in [0.29, 0.717) is 6.04 Å². The topological polar surface area (TPSA) is 69.8 Å². The Bertz CT molecular complexity index is 770. The summed E-state index contributed by atoms with van der Waals surface area (Å²) in [4.78, 5) is 7.12. The van der Waals surface area contributed by atoms with Gasteiger partial charge in [-0.2, -0.15) is 0 Å². The number of guanidine groups is 1. The van der Waals surface area contributed by atoms with Crippen LogP contribution in [-0.4, -0.2) is 64.2 Å². The smallest absolute Gasteiger partial charge is 0.191 e. The van der Waals surface area contributed by atoms with E-state index in [9.17, 15) is 0 Å². The van der Waals surface area contributed by atoms with Crippen molar-refractivity contribution >= 4 is 11.6 Å². The van der Waals surface area contributed by atoms with Crippen LogP contribution < -0.4 is 10.6 Å². The van der Waals surface area contributed by atoms with Crippen molar-refractivity contribution in [1.82, 2.24) is 30.1 Å². The molecule has 2 aliphatic rings. The molecule has 0 bridgehead atoms. The van der Waals surface area contributed by atoms with Crippen LogP contribution in [-0.2, 0) is 6.42 Å². The summed E-state index contributed by atoms with van der Waals surface area (Å²) in [5.41, 5.74) is 0.909. The van der Waals surface area contributed by atoms with Gasteiger partial charge in [0.2, 0.25) is 0 Å². The van der Waals surface area contributed by atoms with Gasteiger partial charge in [0.15, 0.2) is 11.6 Å². The van der Waals surface area contributed by atoms with E-state index in [1.165, 1.54) is 51.6 Å². The molecule has 3 heterocycles. The number of aromatic nitrogens is 3. The SMILES string of the molecule is CN=C(NCCCc1nnc2ccccn12)NC1CCN(C2CCCC2)CC1. The molecule has 7 nitrogen and oxygen atoms in total. The first kappa shape index (κ1) is 19.2. The predicted molar refractivity (Wildman–Crippen MR) is 113 cm³/mol. The highest BCUT2D eigenvalue weighted by Crippen LogP contribution is 2.26. The molecule has 2 aromatic heterocycles. The summed E-state index contributed by atoms with van der Waals surface area (Å²) in [5, 5.41) is 15.6. The van der Waals surface area contributed by atoms with Crippen molar-refractivity contribution in [1.29, 1.82) is 0 Å². The molecule has 2 N–H and O–H groups in total. The molecular weight excluding hydrogens is 350 g/mol. The maximum atomic E-state index is 4.41. The Balaban J connectivity index is 1.17. The van der Waals surface area contributed by atoms with Crippen molar-refractivity contribution in [3.05, 3.63) is 30.2 Å². The van der Waals surface area contributed by atoms with Gasteiger partial charge in [-0.3, -0.25) is 9.39 Å². The highest BCUT2D eigenvalue weighted by molar-refractivity contribution is 5.79. The fourth-order valence-corrected chi connectivity index (χ4v) is 4.58. The second-order valence-electron chi connectivity index (χ2n) is 8.04. The van der Waals surface area contributed by atoms with Crippen LogP contribution >= 0.6 is 0 Å². The van der Waals surface area contributed by atoms with E-state index in [4.69, 9.17) is 0 Å². The standard InChI is InChI=1S/C21H33N7/c1-22-21(24-17-11-15-27(16-12-17)18-7-2-3-8-18)23-13-6-10-20-26-25-19-9-4-5-14-28(19)20/h4-5,9,14,17-18H,2-3,6-8,10-13,15-16H2,1H3,(H2,22,23,24). The summed E-state index contributed by atoms with van der Waals surface area (Å²) in [6.45, 7) is 3.32. The second-order valence-corrected chi connectivity index (χ2v) is 8.04. The lowest BCUT2D eigenvalue weighted by Crippen LogP contribution is -2.50. The summed E-state index contributed by atoms with van der Waals surface area (Å²) in [6, 6.07) is 7.37. The maximum Gasteiger partial charge on any atom is 0.191 e. The molecule has 152 valence electrons. The van der Waals surface area contributed by atoms with Gasteiger partial charge < -0.3 is 15.5 Å². The highest BCUT2D eigenvalue weighted by atomic mass is 15.2. The monoisotopic (exact) mass is 383 g/mol. The van der Waals surface area contributed by atoms with Crippen LogP contribution in [0.1, 0.15) is 50.8 Å². The summed E-state index contributed by atoms with van der Waals surface area (Å²) >= 11 is 0. The fourth-order valence-electron chi connectivity index (χ4n) is 4.58. The molecule has 28 heavy (non-hydrogen) atoms. The summed E-state index contributed by atoms with van der Waals surface area (Å²) in [7, 11) is 1.86. The number of fused-ring (bicyclic) bond motifs is 1. The van der Waals surface area contributed by atoms with E-state index < -0.39 is 0 Å². The normalized spacial score (nSPS) is 20.1. The zero-order valence-corrected chi connectivity index (χ0v) is 17.0. The zero-order valence-electron chi connectivity index (χ0n) is 17.0. The number of aryl methyl sites for hydroxylation is 1. The number of rotatable bonds is 6. The first-order chi connectivity index (χ1) is 13.8. The van der Waals surface area contributed by atoms with E-state index in [0.717, 1.165) is 42.9 Å². The van der Waals surface area contributed by atoms with E-state index >= 15 is 0 Å². The van der Waals surface area contributed by atoms with Gasteiger partial charge in [-0.15, -0.1) is 10.2 Å². The van der Waals surface area contributed by atoms with Crippen LogP contribution in [0.25, 0.3) is 5.65 Å². The number of piperidine rings is 1. The van der Waals surface area contributed by atoms with Gasteiger partial charge >= 0.3 is 0 Å². The zero-order chi connectivity index (χ0) is 19.2. The van der Waals surface area contributed by atoms with Gasteiger partial charge in [-0.05, 0) is 44.2 Å². The molecule has 0 unspecified atom stereocenters.